The molecule has 0 heterocycles. The first-order chi connectivity index (χ1) is 9.69. The molecule has 6 nitrogen and oxygen atoms in total. The van der Waals surface area contributed by atoms with Gasteiger partial charge in [-0.05, 0) is 44.9 Å². The predicted octanol–water partition coefficient (Wildman–Crippen LogP) is 1.70. The van der Waals surface area contributed by atoms with E-state index in [9.17, 15) is 15.0 Å². The van der Waals surface area contributed by atoms with Gasteiger partial charge in [-0.15, -0.1) is 0 Å². The molecule has 0 saturated heterocycles. The number of ether oxygens (including phenoxy) is 1. The van der Waals surface area contributed by atoms with Crippen LogP contribution >= 0.6 is 0 Å². The van der Waals surface area contributed by atoms with Gasteiger partial charge in [0, 0.05) is 6.54 Å². The molecule has 2 unspecified atom stereocenters. The van der Waals surface area contributed by atoms with E-state index in [1.54, 1.807) is 20.8 Å². The number of phenols is 1. The number of phenolic OH excluding ortho intramolecular Hbond substituents is 1. The van der Waals surface area contributed by atoms with Crippen LogP contribution in [0.25, 0.3) is 0 Å². The molecule has 4 N–H and O–H groups in total. The van der Waals surface area contributed by atoms with Gasteiger partial charge in [0.05, 0.1) is 6.10 Å². The second-order valence-corrected chi connectivity index (χ2v) is 5.82. The summed E-state index contributed by atoms with van der Waals surface area (Å²) in [5.41, 5.74) is -0.0774. The minimum Gasteiger partial charge on any atom is -0.508 e. The number of carbonyl (C=O) groups is 1. The molecular weight excluding hydrogens is 274 g/mol. The zero-order valence-electron chi connectivity index (χ0n) is 12.5. The van der Waals surface area contributed by atoms with E-state index in [2.05, 4.69) is 5.32 Å². The molecule has 0 saturated carbocycles. The minimum absolute atomic E-state index is 0.0898. The second-order valence-electron chi connectivity index (χ2n) is 5.82. The molecule has 0 aromatic heterocycles. The van der Waals surface area contributed by atoms with Crippen molar-refractivity contribution in [1.29, 1.82) is 0 Å². The van der Waals surface area contributed by atoms with Gasteiger partial charge in [0.15, 0.2) is 0 Å². The van der Waals surface area contributed by atoms with Crippen LogP contribution in [0.4, 0.5) is 4.79 Å². The van der Waals surface area contributed by atoms with Crippen LogP contribution in [0, 0.1) is 0 Å². The van der Waals surface area contributed by atoms with E-state index in [0.717, 1.165) is 0 Å². The summed E-state index contributed by atoms with van der Waals surface area (Å²) >= 11 is 0. The molecule has 1 rings (SSSR count). The van der Waals surface area contributed by atoms with Crippen molar-refractivity contribution in [2.24, 2.45) is 0 Å². The number of alkyl carbamates (subject to hydrolysis) is 1. The quantitative estimate of drug-likeness (QED) is 0.663. The van der Waals surface area contributed by atoms with Crippen LogP contribution in [0.1, 0.15) is 38.9 Å². The number of aliphatic hydroxyl groups excluding tert-OH is 2. The van der Waals surface area contributed by atoms with Crippen molar-refractivity contribution in [3.8, 4) is 5.75 Å². The van der Waals surface area contributed by atoms with Gasteiger partial charge in [0.25, 0.3) is 0 Å². The first-order valence-corrected chi connectivity index (χ1v) is 6.81. The number of aromatic hydroxyl groups is 1. The van der Waals surface area contributed by atoms with E-state index in [0.29, 0.717) is 5.56 Å². The number of rotatable bonds is 5. The van der Waals surface area contributed by atoms with Crippen LogP contribution in [0.3, 0.4) is 0 Å². The lowest BCUT2D eigenvalue weighted by atomic mass is 10.0. The third-order valence-corrected chi connectivity index (χ3v) is 2.71. The Kier molecular flexibility index (Phi) is 5.99. The van der Waals surface area contributed by atoms with Crippen LogP contribution in [0.15, 0.2) is 24.3 Å². The largest absolute Gasteiger partial charge is 0.508 e. The lowest BCUT2D eigenvalue weighted by molar-refractivity contribution is 0.0123. The number of carbonyl (C=O) groups excluding carboxylic acids is 1. The summed E-state index contributed by atoms with van der Waals surface area (Å²) in [4.78, 5) is 11.4. The van der Waals surface area contributed by atoms with Crippen molar-refractivity contribution in [2.75, 3.05) is 6.54 Å². The average molecular weight is 297 g/mol. The summed E-state index contributed by atoms with van der Waals surface area (Å²) in [6, 6.07) is 5.93. The van der Waals surface area contributed by atoms with Crippen LogP contribution in [-0.2, 0) is 4.74 Å². The summed E-state index contributed by atoms with van der Waals surface area (Å²) in [6.45, 7) is 5.47. The fourth-order valence-corrected chi connectivity index (χ4v) is 1.69. The van der Waals surface area contributed by atoms with E-state index in [1.807, 2.05) is 0 Å². The Morgan fingerprint density at radius 2 is 1.81 bits per heavy atom. The number of aliphatic hydroxyl groups is 2. The summed E-state index contributed by atoms with van der Waals surface area (Å²) in [7, 11) is 0. The molecule has 6 heteroatoms. The predicted molar refractivity (Wildman–Crippen MR) is 77.9 cm³/mol. The number of hydrogen-bond donors (Lipinski definition) is 4. The molecule has 2 atom stereocenters. The van der Waals surface area contributed by atoms with Gasteiger partial charge in [0.1, 0.15) is 17.5 Å². The monoisotopic (exact) mass is 297 g/mol. The zero-order valence-corrected chi connectivity index (χ0v) is 12.5. The Morgan fingerprint density at radius 3 is 2.33 bits per heavy atom. The third-order valence-electron chi connectivity index (χ3n) is 2.71. The SMILES string of the molecule is CC(C)(C)OC(=O)NCCC(O)C(O)c1ccc(O)cc1. The molecule has 0 aliphatic rings. The van der Waals surface area contributed by atoms with Gasteiger partial charge in [0.2, 0.25) is 0 Å². The lowest BCUT2D eigenvalue weighted by Crippen LogP contribution is -2.34. The maximum atomic E-state index is 11.4. The fourth-order valence-electron chi connectivity index (χ4n) is 1.69. The van der Waals surface area contributed by atoms with Crippen molar-refractivity contribution in [3.63, 3.8) is 0 Å². The molecule has 0 radical (unpaired) electrons. The van der Waals surface area contributed by atoms with E-state index in [4.69, 9.17) is 9.84 Å². The molecule has 0 fully saturated rings. The van der Waals surface area contributed by atoms with E-state index < -0.39 is 23.9 Å². The molecule has 1 aromatic carbocycles. The normalized spacial score (nSPS) is 14.3. The van der Waals surface area contributed by atoms with Crippen molar-refractivity contribution >= 4 is 6.09 Å². The molecule has 0 spiro atoms. The third kappa shape index (κ3) is 6.46. The fraction of sp³-hybridized carbons (Fsp3) is 0.533. The van der Waals surface area contributed by atoms with Gasteiger partial charge in [-0.2, -0.15) is 0 Å². The van der Waals surface area contributed by atoms with Crippen LogP contribution in [-0.4, -0.2) is 39.7 Å². The minimum atomic E-state index is -1.08. The number of amides is 1. The van der Waals surface area contributed by atoms with Crippen molar-refractivity contribution < 1.29 is 24.9 Å². The van der Waals surface area contributed by atoms with Gasteiger partial charge in [-0.25, -0.2) is 4.79 Å². The lowest BCUT2D eigenvalue weighted by Gasteiger charge is -2.21. The van der Waals surface area contributed by atoms with E-state index in [-0.39, 0.29) is 18.7 Å². The average Bonchev–Trinajstić information content (AvgIpc) is 2.36. The summed E-state index contributed by atoms with van der Waals surface area (Å²) in [5.74, 6) is 0.0898. The van der Waals surface area contributed by atoms with Gasteiger partial charge in [-0.1, -0.05) is 12.1 Å². The van der Waals surface area contributed by atoms with Crippen LogP contribution < -0.4 is 5.32 Å². The highest BCUT2D eigenvalue weighted by Gasteiger charge is 2.19. The molecule has 0 aliphatic carbocycles. The molecule has 1 aromatic rings. The topological polar surface area (TPSA) is 99.0 Å². The van der Waals surface area contributed by atoms with Crippen LogP contribution in [0.2, 0.25) is 0 Å². The highest BCUT2D eigenvalue weighted by molar-refractivity contribution is 5.67. The molecule has 1 amide bonds. The first kappa shape index (κ1) is 17.3. The molecular formula is C15H23NO5. The maximum absolute atomic E-state index is 11.4. The Labute approximate surface area is 124 Å². The van der Waals surface area contributed by atoms with Crippen molar-refractivity contribution in [2.45, 2.75) is 45.0 Å². The van der Waals surface area contributed by atoms with Gasteiger partial charge < -0.3 is 25.4 Å². The smallest absolute Gasteiger partial charge is 0.407 e. The summed E-state index contributed by atoms with van der Waals surface area (Å²) < 4.78 is 5.06. The number of nitrogens with one attached hydrogen (secondary N) is 1. The van der Waals surface area contributed by atoms with E-state index in [1.165, 1.54) is 24.3 Å². The number of benzene rings is 1. The summed E-state index contributed by atoms with van der Waals surface area (Å²) in [6.07, 6.45) is -2.48. The highest BCUT2D eigenvalue weighted by atomic mass is 16.6. The summed E-state index contributed by atoms with van der Waals surface area (Å²) in [5, 5.41) is 31.5. The standard InChI is InChI=1S/C15H23NO5/c1-15(2,3)21-14(20)16-9-8-12(18)13(19)10-4-6-11(17)7-5-10/h4-7,12-13,17-19H,8-9H2,1-3H3,(H,16,20). The molecule has 118 valence electrons. The number of hydrogen-bond acceptors (Lipinski definition) is 5. The zero-order chi connectivity index (χ0) is 16.0. The highest BCUT2D eigenvalue weighted by Crippen LogP contribution is 2.21. The second kappa shape index (κ2) is 7.28. The van der Waals surface area contributed by atoms with Crippen molar-refractivity contribution in [3.05, 3.63) is 29.8 Å². The Morgan fingerprint density at radius 1 is 1.24 bits per heavy atom. The van der Waals surface area contributed by atoms with Gasteiger partial charge in [-0.3, -0.25) is 0 Å². The molecule has 0 aliphatic heterocycles. The van der Waals surface area contributed by atoms with Crippen LogP contribution in [0.5, 0.6) is 5.75 Å². The van der Waals surface area contributed by atoms with E-state index >= 15 is 0 Å². The molecule has 21 heavy (non-hydrogen) atoms. The Bertz CT molecular complexity index is 452. The maximum Gasteiger partial charge on any atom is 0.407 e. The Balaban J connectivity index is 2.38. The Hall–Kier alpha value is -1.79. The van der Waals surface area contributed by atoms with Gasteiger partial charge >= 0.3 is 6.09 Å². The molecule has 0 bridgehead atoms. The first-order valence-electron chi connectivity index (χ1n) is 6.81. The van der Waals surface area contributed by atoms with Crippen molar-refractivity contribution in [1.82, 2.24) is 5.32 Å².